The Bertz CT molecular complexity index is 592. The number of hydrogen-bond donors (Lipinski definition) is 6. The van der Waals surface area contributed by atoms with Gasteiger partial charge in [0.25, 0.3) is 0 Å². The Morgan fingerprint density at radius 1 is 1.38 bits per heavy atom. The van der Waals surface area contributed by atoms with Gasteiger partial charge in [-0.05, 0) is 19.9 Å². The molecular weight excluding hydrogens is 449 g/mol. The molecule has 0 aromatic carbocycles. The predicted octanol–water partition coefficient (Wildman–Crippen LogP) is -0.659. The van der Waals surface area contributed by atoms with Gasteiger partial charge in [-0.1, -0.05) is 0 Å². The SMILES string of the molecule is CN[C@@H](CCCN(C)C(=N)N)CC(=O)NN1CN=C(NC(C)=O)NC1=O.Cl.Cl.Cl. The minimum atomic E-state index is -0.582. The van der Waals surface area contributed by atoms with Crippen LogP contribution in [0.3, 0.4) is 0 Å². The zero-order chi connectivity index (χ0) is 19.7. The van der Waals surface area contributed by atoms with Gasteiger partial charge in [-0.25, -0.2) is 14.8 Å². The number of guanidine groups is 2. The molecule has 1 atom stereocenters. The quantitative estimate of drug-likeness (QED) is 0.200. The molecule has 170 valence electrons. The molecule has 29 heavy (non-hydrogen) atoms. The van der Waals surface area contributed by atoms with Crippen LogP contribution in [0.15, 0.2) is 4.99 Å². The average molecular weight is 479 g/mol. The van der Waals surface area contributed by atoms with Crippen LogP contribution in [0, 0.1) is 5.41 Å². The first-order chi connectivity index (χ1) is 12.2. The Balaban J connectivity index is -0.00000225. The predicted molar refractivity (Wildman–Crippen MR) is 118 cm³/mol. The molecule has 0 aromatic heterocycles. The second kappa shape index (κ2) is 15.9. The summed E-state index contributed by atoms with van der Waals surface area (Å²) in [7, 11) is 3.48. The van der Waals surface area contributed by atoms with Crippen LogP contribution < -0.4 is 27.1 Å². The van der Waals surface area contributed by atoms with E-state index in [1.165, 1.54) is 6.92 Å². The van der Waals surface area contributed by atoms with E-state index in [4.69, 9.17) is 11.1 Å². The average Bonchev–Trinajstić information content (AvgIpc) is 2.55. The number of aliphatic imine (C=N–C) groups is 1. The molecule has 1 rings (SSSR count). The second-order valence-electron chi connectivity index (χ2n) is 5.86. The van der Waals surface area contributed by atoms with Crippen LogP contribution in [0.1, 0.15) is 26.2 Å². The molecule has 0 unspecified atom stereocenters. The van der Waals surface area contributed by atoms with Crippen LogP contribution in [0.2, 0.25) is 0 Å². The van der Waals surface area contributed by atoms with Crippen LogP contribution in [0.5, 0.6) is 0 Å². The first-order valence-corrected chi connectivity index (χ1v) is 8.15. The van der Waals surface area contributed by atoms with E-state index in [0.717, 1.165) is 11.4 Å². The van der Waals surface area contributed by atoms with Gasteiger partial charge in [0.1, 0.15) is 6.67 Å². The van der Waals surface area contributed by atoms with Crippen LogP contribution in [0.4, 0.5) is 4.79 Å². The summed E-state index contributed by atoms with van der Waals surface area (Å²) in [6.45, 7) is 1.82. The summed E-state index contributed by atoms with van der Waals surface area (Å²) in [5.74, 6) is -0.638. The van der Waals surface area contributed by atoms with Gasteiger partial charge in [0, 0.05) is 33.0 Å². The third-order valence-electron chi connectivity index (χ3n) is 3.69. The highest BCUT2D eigenvalue weighted by molar-refractivity contribution is 6.04. The number of hydrogen-bond acceptors (Lipinski definition) is 6. The van der Waals surface area contributed by atoms with Crippen molar-refractivity contribution in [1.29, 1.82) is 5.41 Å². The Kier molecular flexibility index (Phi) is 17.3. The Morgan fingerprint density at radius 2 is 2.00 bits per heavy atom. The molecule has 0 fully saturated rings. The summed E-state index contributed by atoms with van der Waals surface area (Å²) in [5, 5.41) is 16.1. The molecule has 0 radical (unpaired) electrons. The number of urea groups is 1. The highest BCUT2D eigenvalue weighted by Gasteiger charge is 2.23. The third kappa shape index (κ3) is 12.2. The number of nitrogens with one attached hydrogen (secondary N) is 5. The topological polar surface area (TPSA) is 168 Å². The fraction of sp³-hybridized carbons (Fsp3) is 0.643. The van der Waals surface area contributed by atoms with E-state index in [1.807, 2.05) is 0 Å². The van der Waals surface area contributed by atoms with Gasteiger partial charge in [0.05, 0.1) is 0 Å². The maximum absolute atomic E-state index is 12.1. The molecule has 4 amide bonds. The molecule has 0 bridgehead atoms. The highest BCUT2D eigenvalue weighted by Crippen LogP contribution is 2.04. The number of carbonyl (C=O) groups excluding carboxylic acids is 3. The number of rotatable bonds is 8. The van der Waals surface area contributed by atoms with Crippen molar-refractivity contribution in [2.24, 2.45) is 10.7 Å². The van der Waals surface area contributed by atoms with E-state index in [1.54, 1.807) is 19.0 Å². The number of nitrogens with zero attached hydrogens (tertiary/aromatic N) is 3. The smallest absolute Gasteiger partial charge is 0.344 e. The molecule has 1 aliphatic heterocycles. The van der Waals surface area contributed by atoms with Crippen molar-refractivity contribution in [2.45, 2.75) is 32.2 Å². The summed E-state index contributed by atoms with van der Waals surface area (Å²) >= 11 is 0. The van der Waals surface area contributed by atoms with E-state index >= 15 is 0 Å². The molecule has 15 heteroatoms. The maximum Gasteiger partial charge on any atom is 0.344 e. The summed E-state index contributed by atoms with van der Waals surface area (Å²) in [4.78, 5) is 40.6. The lowest BCUT2D eigenvalue weighted by Crippen LogP contribution is -2.58. The fourth-order valence-electron chi connectivity index (χ4n) is 2.20. The first kappa shape index (κ1) is 31.7. The van der Waals surface area contributed by atoms with Crippen molar-refractivity contribution in [3.8, 4) is 0 Å². The minimum absolute atomic E-state index is 0. The van der Waals surface area contributed by atoms with Gasteiger partial charge in [-0.2, -0.15) is 0 Å². The molecule has 7 N–H and O–H groups in total. The Morgan fingerprint density at radius 3 is 2.48 bits per heavy atom. The maximum atomic E-state index is 12.1. The second-order valence-corrected chi connectivity index (χ2v) is 5.86. The van der Waals surface area contributed by atoms with Gasteiger partial charge >= 0.3 is 6.03 Å². The Labute approximate surface area is 188 Å². The van der Waals surface area contributed by atoms with Crippen LogP contribution in [-0.4, -0.2) is 73.0 Å². The molecule has 12 nitrogen and oxygen atoms in total. The number of amides is 4. The third-order valence-corrected chi connectivity index (χ3v) is 3.69. The molecule has 0 aromatic rings. The first-order valence-electron chi connectivity index (χ1n) is 8.15. The standard InChI is InChI=1S/C14H27N9O3.3ClH/c1-9(24)19-13-18-8-23(14(26)20-13)21-11(25)7-10(17-2)5-4-6-22(3)12(15)16;;;/h10,17H,4-8H2,1-3H3,(H3,15,16)(H,21,25)(H2,18,19,20,24,26);3*1H/t10-;;;/m0.../s1. The molecule has 1 heterocycles. The van der Waals surface area contributed by atoms with E-state index in [2.05, 4.69) is 26.4 Å². The molecule has 1 aliphatic rings. The summed E-state index contributed by atoms with van der Waals surface area (Å²) in [6, 6.07) is -0.664. The summed E-state index contributed by atoms with van der Waals surface area (Å²) < 4.78 is 0. The molecule has 0 saturated carbocycles. The van der Waals surface area contributed by atoms with Crippen molar-refractivity contribution in [3.05, 3.63) is 0 Å². The molecule has 0 spiro atoms. The van der Waals surface area contributed by atoms with E-state index < -0.39 is 6.03 Å². The van der Waals surface area contributed by atoms with Crippen molar-refractivity contribution in [2.75, 3.05) is 27.3 Å². The van der Waals surface area contributed by atoms with Gasteiger partial charge in [0.15, 0.2) is 5.96 Å². The molecule has 0 aliphatic carbocycles. The van der Waals surface area contributed by atoms with Crippen LogP contribution in [-0.2, 0) is 9.59 Å². The number of hydrazine groups is 1. The van der Waals surface area contributed by atoms with Gasteiger partial charge in [0.2, 0.25) is 17.8 Å². The number of nitrogens with two attached hydrogens (primary N) is 1. The van der Waals surface area contributed by atoms with E-state index in [9.17, 15) is 14.4 Å². The van der Waals surface area contributed by atoms with Gasteiger partial charge in [-0.15, -0.1) is 37.2 Å². The van der Waals surface area contributed by atoms with E-state index in [-0.39, 0.29) is 80.1 Å². The lowest BCUT2D eigenvalue weighted by Gasteiger charge is -2.27. The zero-order valence-electron chi connectivity index (χ0n) is 16.5. The van der Waals surface area contributed by atoms with Crippen molar-refractivity contribution < 1.29 is 14.4 Å². The summed E-state index contributed by atoms with van der Waals surface area (Å²) in [5.41, 5.74) is 7.85. The Hall–Kier alpha value is -2.02. The largest absolute Gasteiger partial charge is 0.370 e. The highest BCUT2D eigenvalue weighted by atomic mass is 35.5. The van der Waals surface area contributed by atoms with Crippen molar-refractivity contribution in [1.82, 2.24) is 31.3 Å². The molecular formula is C14H30Cl3N9O3. The lowest BCUT2D eigenvalue weighted by molar-refractivity contribution is -0.125. The number of halogens is 3. The van der Waals surface area contributed by atoms with Crippen LogP contribution >= 0.6 is 37.2 Å². The fourth-order valence-corrected chi connectivity index (χ4v) is 2.20. The zero-order valence-corrected chi connectivity index (χ0v) is 18.9. The van der Waals surface area contributed by atoms with E-state index in [0.29, 0.717) is 13.0 Å². The van der Waals surface area contributed by atoms with Crippen LogP contribution in [0.25, 0.3) is 0 Å². The summed E-state index contributed by atoms with van der Waals surface area (Å²) in [6.07, 6.45) is 1.63. The minimum Gasteiger partial charge on any atom is -0.370 e. The van der Waals surface area contributed by atoms with Crippen molar-refractivity contribution in [3.63, 3.8) is 0 Å². The monoisotopic (exact) mass is 477 g/mol. The molecule has 0 saturated heterocycles. The van der Waals surface area contributed by atoms with Gasteiger partial charge < -0.3 is 16.0 Å². The number of carbonyl (C=O) groups is 3. The normalized spacial score (nSPS) is 13.3. The lowest BCUT2D eigenvalue weighted by atomic mass is 10.1. The van der Waals surface area contributed by atoms with Crippen molar-refractivity contribution >= 4 is 67.0 Å². The van der Waals surface area contributed by atoms with Gasteiger partial charge in [-0.3, -0.25) is 31.1 Å².